The molecular formula is C29H30N6O2S. The van der Waals surface area contributed by atoms with Gasteiger partial charge in [0.2, 0.25) is 11.8 Å². The zero-order valence-corrected chi connectivity index (χ0v) is 22.5. The Labute approximate surface area is 225 Å². The molecule has 0 bridgehead atoms. The normalized spacial score (nSPS) is 12.5. The Balaban J connectivity index is 1.58. The standard InChI is InChI=1S/C29H30N6O2S/c1-4-29(2,3)31-28(37)27(21-13-14-23-20(17-21)9-7-15-30-23)34(18-22-10-8-16-38-22)26(36)19-35-25-12-6-5-11-24(25)32-33-35/h5-17,27H,4,18-19H2,1-3H3,(H,31,37). The fraction of sp³-hybridized carbons (Fsp3) is 0.276. The fourth-order valence-electron chi connectivity index (χ4n) is 4.37. The van der Waals surface area contributed by atoms with E-state index in [1.807, 2.05) is 92.9 Å². The Kier molecular flexibility index (Phi) is 7.20. The minimum absolute atomic E-state index is 0.0397. The van der Waals surface area contributed by atoms with Crippen molar-refractivity contribution in [1.82, 2.24) is 30.2 Å². The summed E-state index contributed by atoms with van der Waals surface area (Å²) in [6.45, 7) is 6.25. The van der Waals surface area contributed by atoms with Crippen LogP contribution in [0.4, 0.5) is 0 Å². The van der Waals surface area contributed by atoms with Crippen molar-refractivity contribution in [2.45, 2.75) is 51.9 Å². The number of carbonyl (C=O) groups excluding carboxylic acids is 2. The number of nitrogens with one attached hydrogen (secondary N) is 1. The summed E-state index contributed by atoms with van der Waals surface area (Å²) >= 11 is 1.55. The van der Waals surface area contributed by atoms with E-state index in [1.54, 1.807) is 27.1 Å². The maximum atomic E-state index is 14.0. The van der Waals surface area contributed by atoms with Crippen LogP contribution in [-0.2, 0) is 22.7 Å². The van der Waals surface area contributed by atoms with Crippen molar-refractivity contribution in [3.8, 4) is 0 Å². The summed E-state index contributed by atoms with van der Waals surface area (Å²) in [4.78, 5) is 35.1. The third kappa shape index (κ3) is 5.43. The van der Waals surface area contributed by atoms with Crippen LogP contribution >= 0.6 is 11.3 Å². The Morgan fingerprint density at radius 2 is 1.89 bits per heavy atom. The van der Waals surface area contributed by atoms with Gasteiger partial charge in [-0.25, -0.2) is 4.68 Å². The first-order chi connectivity index (χ1) is 18.3. The molecule has 0 aliphatic heterocycles. The van der Waals surface area contributed by atoms with E-state index in [4.69, 9.17) is 0 Å². The number of aromatic nitrogens is 4. The Bertz CT molecular complexity index is 1580. The van der Waals surface area contributed by atoms with Crippen LogP contribution in [0.5, 0.6) is 0 Å². The lowest BCUT2D eigenvalue weighted by atomic mass is 9.97. The molecule has 38 heavy (non-hydrogen) atoms. The molecule has 0 aliphatic carbocycles. The fourth-order valence-corrected chi connectivity index (χ4v) is 5.08. The van der Waals surface area contributed by atoms with E-state index in [9.17, 15) is 9.59 Å². The molecule has 0 aliphatic rings. The second-order valence-corrected chi connectivity index (χ2v) is 11.0. The number of rotatable bonds is 9. The highest BCUT2D eigenvalue weighted by atomic mass is 32.1. The van der Waals surface area contributed by atoms with E-state index in [-0.39, 0.29) is 18.4 Å². The SMILES string of the molecule is CCC(C)(C)NC(=O)C(c1ccc2ncccc2c1)N(Cc1cccs1)C(=O)Cn1nnc2ccccc21. The molecule has 0 fully saturated rings. The maximum Gasteiger partial charge on any atom is 0.247 e. The van der Waals surface area contributed by atoms with Gasteiger partial charge in [-0.15, -0.1) is 16.4 Å². The molecule has 2 amide bonds. The molecule has 0 saturated heterocycles. The topological polar surface area (TPSA) is 93.0 Å². The zero-order valence-electron chi connectivity index (χ0n) is 21.7. The first kappa shape index (κ1) is 25.5. The van der Waals surface area contributed by atoms with Crippen LogP contribution in [0.15, 0.2) is 78.3 Å². The highest BCUT2D eigenvalue weighted by molar-refractivity contribution is 7.09. The average molecular weight is 527 g/mol. The predicted octanol–water partition coefficient (Wildman–Crippen LogP) is 5.12. The number of hydrogen-bond donors (Lipinski definition) is 1. The summed E-state index contributed by atoms with van der Waals surface area (Å²) in [6, 6.07) is 20.2. The maximum absolute atomic E-state index is 14.0. The molecule has 3 heterocycles. The van der Waals surface area contributed by atoms with Crippen molar-refractivity contribution in [3.05, 3.63) is 88.7 Å². The third-order valence-corrected chi connectivity index (χ3v) is 7.64. The van der Waals surface area contributed by atoms with E-state index in [1.165, 1.54) is 0 Å². The van der Waals surface area contributed by atoms with Crippen LogP contribution in [0.25, 0.3) is 21.9 Å². The van der Waals surface area contributed by atoms with E-state index >= 15 is 0 Å². The van der Waals surface area contributed by atoms with Crippen LogP contribution in [0.2, 0.25) is 0 Å². The largest absolute Gasteiger partial charge is 0.349 e. The van der Waals surface area contributed by atoms with Crippen molar-refractivity contribution >= 4 is 45.1 Å². The van der Waals surface area contributed by atoms with Crippen LogP contribution in [-0.4, -0.2) is 42.2 Å². The van der Waals surface area contributed by atoms with E-state index < -0.39 is 11.6 Å². The van der Waals surface area contributed by atoms with Crippen LogP contribution in [0.1, 0.15) is 43.7 Å². The highest BCUT2D eigenvalue weighted by Crippen LogP contribution is 2.29. The van der Waals surface area contributed by atoms with Crippen molar-refractivity contribution < 1.29 is 9.59 Å². The van der Waals surface area contributed by atoms with Gasteiger partial charge in [0.25, 0.3) is 0 Å². The zero-order chi connectivity index (χ0) is 26.7. The van der Waals surface area contributed by atoms with Crippen LogP contribution in [0.3, 0.4) is 0 Å². The average Bonchev–Trinajstić information content (AvgIpc) is 3.58. The third-order valence-electron chi connectivity index (χ3n) is 6.78. The molecule has 1 N–H and O–H groups in total. The van der Waals surface area contributed by atoms with Gasteiger partial charge >= 0.3 is 0 Å². The molecule has 9 heteroatoms. The van der Waals surface area contributed by atoms with Gasteiger partial charge in [0.1, 0.15) is 18.1 Å². The molecule has 0 spiro atoms. The Morgan fingerprint density at radius 1 is 1.05 bits per heavy atom. The second-order valence-electron chi connectivity index (χ2n) is 9.92. The lowest BCUT2D eigenvalue weighted by Gasteiger charge is -2.34. The van der Waals surface area contributed by atoms with Gasteiger partial charge < -0.3 is 10.2 Å². The number of pyridine rings is 1. The molecule has 194 valence electrons. The number of benzene rings is 2. The monoisotopic (exact) mass is 526 g/mol. The molecule has 8 nitrogen and oxygen atoms in total. The highest BCUT2D eigenvalue weighted by Gasteiger charge is 2.34. The number of nitrogens with zero attached hydrogens (tertiary/aromatic N) is 5. The molecular weight excluding hydrogens is 496 g/mol. The van der Waals surface area contributed by atoms with E-state index in [2.05, 4.69) is 20.6 Å². The van der Waals surface area contributed by atoms with Gasteiger partial charge in [-0.05, 0) is 67.6 Å². The van der Waals surface area contributed by atoms with Crippen molar-refractivity contribution in [2.75, 3.05) is 0 Å². The summed E-state index contributed by atoms with van der Waals surface area (Å²) in [5.41, 5.74) is 2.60. The molecule has 0 radical (unpaired) electrons. The number of para-hydroxylation sites is 1. The molecule has 5 aromatic rings. The number of hydrogen-bond acceptors (Lipinski definition) is 6. The van der Waals surface area contributed by atoms with Gasteiger partial charge in [0.05, 0.1) is 17.6 Å². The van der Waals surface area contributed by atoms with Gasteiger partial charge in [0.15, 0.2) is 0 Å². The summed E-state index contributed by atoms with van der Waals surface area (Å²) in [5, 5.41) is 14.5. The van der Waals surface area contributed by atoms with Gasteiger partial charge in [-0.3, -0.25) is 14.6 Å². The van der Waals surface area contributed by atoms with Crippen molar-refractivity contribution in [1.29, 1.82) is 0 Å². The van der Waals surface area contributed by atoms with Crippen molar-refractivity contribution in [2.24, 2.45) is 0 Å². The first-order valence-electron chi connectivity index (χ1n) is 12.6. The molecule has 0 saturated carbocycles. The number of thiophene rings is 1. The van der Waals surface area contributed by atoms with Crippen LogP contribution in [0, 0.1) is 0 Å². The lowest BCUT2D eigenvalue weighted by Crippen LogP contribution is -2.50. The quantitative estimate of drug-likeness (QED) is 0.288. The first-order valence-corrected chi connectivity index (χ1v) is 13.5. The van der Waals surface area contributed by atoms with Gasteiger partial charge in [-0.2, -0.15) is 0 Å². The summed E-state index contributed by atoms with van der Waals surface area (Å²) in [6.07, 6.45) is 2.49. The van der Waals surface area contributed by atoms with E-state index in [0.29, 0.717) is 12.1 Å². The summed E-state index contributed by atoms with van der Waals surface area (Å²) < 4.78 is 1.59. The summed E-state index contributed by atoms with van der Waals surface area (Å²) in [7, 11) is 0. The molecule has 1 unspecified atom stereocenters. The number of amides is 2. The van der Waals surface area contributed by atoms with E-state index in [0.717, 1.165) is 33.3 Å². The number of fused-ring (bicyclic) bond motifs is 2. The lowest BCUT2D eigenvalue weighted by molar-refractivity contribution is -0.142. The second kappa shape index (κ2) is 10.7. The minimum atomic E-state index is -0.852. The van der Waals surface area contributed by atoms with Crippen LogP contribution < -0.4 is 5.32 Å². The smallest absolute Gasteiger partial charge is 0.247 e. The Hall–Kier alpha value is -4.11. The Morgan fingerprint density at radius 3 is 2.68 bits per heavy atom. The molecule has 5 rings (SSSR count). The summed E-state index contributed by atoms with van der Waals surface area (Å²) in [5.74, 6) is -0.455. The molecule has 3 aromatic heterocycles. The molecule has 2 aromatic carbocycles. The van der Waals surface area contributed by atoms with Gasteiger partial charge in [0, 0.05) is 22.0 Å². The minimum Gasteiger partial charge on any atom is -0.349 e. The number of carbonyl (C=O) groups is 2. The molecule has 1 atom stereocenters. The van der Waals surface area contributed by atoms with Crippen molar-refractivity contribution in [3.63, 3.8) is 0 Å². The predicted molar refractivity (Wildman–Crippen MR) is 149 cm³/mol. The van der Waals surface area contributed by atoms with Gasteiger partial charge in [-0.1, -0.05) is 42.5 Å².